The van der Waals surface area contributed by atoms with Crippen LogP contribution in [0.5, 0.6) is 0 Å². The number of aliphatic hydroxyl groups is 1. The number of hydrogen-bond acceptors (Lipinski definition) is 3. The number of piperidine rings is 1. The van der Waals surface area contributed by atoms with Gasteiger partial charge in [-0.05, 0) is 31.6 Å². The summed E-state index contributed by atoms with van der Waals surface area (Å²) in [6.07, 6.45) is 7.92. The monoisotopic (exact) mass is 282 g/mol. The molecule has 1 aliphatic heterocycles. The zero-order valence-electron chi connectivity index (χ0n) is 13.0. The molecule has 20 heavy (non-hydrogen) atoms. The normalized spacial score (nSPS) is 29.2. The van der Waals surface area contributed by atoms with Crippen LogP contribution < -0.4 is 5.32 Å². The largest absolute Gasteiger partial charge is 0.379 e. The van der Waals surface area contributed by atoms with Crippen LogP contribution in [0.1, 0.15) is 58.8 Å². The van der Waals surface area contributed by atoms with Crippen LogP contribution in [0, 0.1) is 5.92 Å². The van der Waals surface area contributed by atoms with E-state index in [1.165, 1.54) is 32.1 Å². The van der Waals surface area contributed by atoms with Crippen molar-refractivity contribution in [2.75, 3.05) is 19.6 Å². The Bertz CT molecular complexity index is 326. The van der Waals surface area contributed by atoms with Gasteiger partial charge in [0.05, 0.1) is 0 Å². The predicted octanol–water partition coefficient (Wildman–Crippen LogP) is 1.92. The average molecular weight is 282 g/mol. The summed E-state index contributed by atoms with van der Waals surface area (Å²) in [6.45, 7) is 6.12. The number of hydrogen-bond donors (Lipinski definition) is 2. The van der Waals surface area contributed by atoms with Gasteiger partial charge in [0.2, 0.25) is 0 Å². The van der Waals surface area contributed by atoms with Crippen molar-refractivity contribution in [3.05, 3.63) is 0 Å². The smallest absolute Gasteiger partial charge is 0.255 e. The lowest BCUT2D eigenvalue weighted by molar-refractivity contribution is -0.157. The Labute approximate surface area is 122 Å². The predicted molar refractivity (Wildman–Crippen MR) is 80.5 cm³/mol. The van der Waals surface area contributed by atoms with Crippen LogP contribution in [0.2, 0.25) is 0 Å². The Morgan fingerprint density at radius 1 is 1.30 bits per heavy atom. The molecular weight excluding hydrogens is 252 g/mol. The van der Waals surface area contributed by atoms with Crippen molar-refractivity contribution in [1.29, 1.82) is 0 Å². The van der Waals surface area contributed by atoms with Crippen molar-refractivity contribution in [1.82, 2.24) is 10.2 Å². The highest BCUT2D eigenvalue weighted by molar-refractivity contribution is 5.86. The molecule has 2 rings (SSSR count). The van der Waals surface area contributed by atoms with Gasteiger partial charge in [0.1, 0.15) is 0 Å². The SMILES string of the molecule is CC(C)NCC1(O)CCCN(CC2CCCCC2)C1=O. The molecule has 2 fully saturated rings. The molecule has 116 valence electrons. The lowest BCUT2D eigenvalue weighted by Crippen LogP contribution is -2.59. The maximum absolute atomic E-state index is 12.6. The van der Waals surface area contributed by atoms with Gasteiger partial charge in [-0.15, -0.1) is 0 Å². The third-order valence-electron chi connectivity index (χ3n) is 4.71. The van der Waals surface area contributed by atoms with Gasteiger partial charge >= 0.3 is 0 Å². The third-order valence-corrected chi connectivity index (χ3v) is 4.71. The standard InChI is InChI=1S/C16H30N2O2/c1-13(2)17-12-16(20)9-6-10-18(15(16)19)11-14-7-4-3-5-8-14/h13-14,17,20H,3-12H2,1-2H3. The Kier molecular flexibility index (Phi) is 5.44. The van der Waals surface area contributed by atoms with E-state index < -0.39 is 5.60 Å². The highest BCUT2D eigenvalue weighted by Crippen LogP contribution is 2.28. The van der Waals surface area contributed by atoms with Crippen molar-refractivity contribution < 1.29 is 9.90 Å². The molecule has 1 saturated heterocycles. The van der Waals surface area contributed by atoms with Gasteiger partial charge in [-0.2, -0.15) is 0 Å². The highest BCUT2D eigenvalue weighted by Gasteiger charge is 2.42. The summed E-state index contributed by atoms with van der Waals surface area (Å²) in [4.78, 5) is 14.5. The average Bonchev–Trinajstić information content (AvgIpc) is 2.43. The number of nitrogens with zero attached hydrogens (tertiary/aromatic N) is 1. The van der Waals surface area contributed by atoms with E-state index in [1.54, 1.807) is 0 Å². The van der Waals surface area contributed by atoms with Gasteiger partial charge < -0.3 is 15.3 Å². The van der Waals surface area contributed by atoms with Gasteiger partial charge in [-0.3, -0.25) is 4.79 Å². The Hall–Kier alpha value is -0.610. The summed E-state index contributed by atoms with van der Waals surface area (Å²) < 4.78 is 0. The lowest BCUT2D eigenvalue weighted by Gasteiger charge is -2.40. The van der Waals surface area contributed by atoms with Gasteiger partial charge in [-0.1, -0.05) is 33.1 Å². The first-order chi connectivity index (χ1) is 9.51. The fourth-order valence-electron chi connectivity index (χ4n) is 3.46. The minimum absolute atomic E-state index is 0.0533. The lowest BCUT2D eigenvalue weighted by atomic mass is 9.86. The van der Waals surface area contributed by atoms with Crippen molar-refractivity contribution in [2.45, 2.75) is 70.4 Å². The van der Waals surface area contributed by atoms with Crippen molar-refractivity contribution in [3.8, 4) is 0 Å². The van der Waals surface area contributed by atoms with Crippen LogP contribution in [0.15, 0.2) is 0 Å². The molecule has 0 aromatic heterocycles. The van der Waals surface area contributed by atoms with Crippen molar-refractivity contribution in [3.63, 3.8) is 0 Å². The van der Waals surface area contributed by atoms with Crippen molar-refractivity contribution in [2.24, 2.45) is 5.92 Å². The summed E-state index contributed by atoms with van der Waals surface area (Å²) in [6, 6.07) is 0.292. The molecule has 4 nitrogen and oxygen atoms in total. The fourth-order valence-corrected chi connectivity index (χ4v) is 3.46. The number of amides is 1. The topological polar surface area (TPSA) is 52.6 Å². The van der Waals surface area contributed by atoms with E-state index in [9.17, 15) is 9.90 Å². The molecule has 0 spiro atoms. The molecular formula is C16H30N2O2. The molecule has 1 atom stereocenters. The second-order valence-electron chi connectivity index (χ2n) is 6.93. The van der Waals surface area contributed by atoms with E-state index in [0.717, 1.165) is 19.5 Å². The number of carbonyl (C=O) groups is 1. The van der Waals surface area contributed by atoms with Crippen LogP contribution in [-0.4, -0.2) is 47.2 Å². The van der Waals surface area contributed by atoms with E-state index in [0.29, 0.717) is 24.9 Å². The fraction of sp³-hybridized carbons (Fsp3) is 0.938. The van der Waals surface area contributed by atoms with E-state index in [-0.39, 0.29) is 5.91 Å². The van der Waals surface area contributed by atoms with Crippen LogP contribution in [-0.2, 0) is 4.79 Å². The molecule has 1 heterocycles. The molecule has 1 saturated carbocycles. The molecule has 0 aromatic rings. The van der Waals surface area contributed by atoms with E-state index >= 15 is 0 Å². The van der Waals surface area contributed by atoms with E-state index in [4.69, 9.17) is 0 Å². The molecule has 1 unspecified atom stereocenters. The molecule has 2 aliphatic rings. The maximum atomic E-state index is 12.6. The van der Waals surface area contributed by atoms with E-state index in [1.807, 2.05) is 18.7 Å². The molecule has 1 aliphatic carbocycles. The summed E-state index contributed by atoms with van der Waals surface area (Å²) in [5.74, 6) is 0.593. The first kappa shape index (κ1) is 15.8. The minimum Gasteiger partial charge on any atom is -0.379 e. The van der Waals surface area contributed by atoms with Crippen molar-refractivity contribution >= 4 is 5.91 Å². The molecule has 0 bridgehead atoms. The summed E-state index contributed by atoms with van der Waals surface area (Å²) in [5.41, 5.74) is -1.18. The zero-order chi connectivity index (χ0) is 14.6. The first-order valence-electron chi connectivity index (χ1n) is 8.26. The molecule has 0 aromatic carbocycles. The van der Waals surface area contributed by atoms with Gasteiger partial charge in [0.15, 0.2) is 5.60 Å². The second-order valence-corrected chi connectivity index (χ2v) is 6.93. The highest BCUT2D eigenvalue weighted by atomic mass is 16.3. The van der Waals surface area contributed by atoms with E-state index in [2.05, 4.69) is 5.32 Å². The Morgan fingerprint density at radius 3 is 2.65 bits per heavy atom. The van der Waals surface area contributed by atoms with Crippen LogP contribution in [0.3, 0.4) is 0 Å². The number of carbonyl (C=O) groups excluding carboxylic acids is 1. The van der Waals surface area contributed by atoms with Crippen LogP contribution in [0.4, 0.5) is 0 Å². The first-order valence-corrected chi connectivity index (χ1v) is 8.26. The molecule has 0 radical (unpaired) electrons. The summed E-state index contributed by atoms with van der Waals surface area (Å²) in [7, 11) is 0. The van der Waals surface area contributed by atoms with Crippen LogP contribution >= 0.6 is 0 Å². The second kappa shape index (κ2) is 6.90. The molecule has 4 heteroatoms. The van der Waals surface area contributed by atoms with Crippen LogP contribution in [0.25, 0.3) is 0 Å². The van der Waals surface area contributed by atoms with Gasteiger partial charge in [0, 0.05) is 25.7 Å². The molecule has 1 amide bonds. The summed E-state index contributed by atoms with van der Waals surface area (Å²) in [5, 5.41) is 13.8. The Morgan fingerprint density at radius 2 is 2.00 bits per heavy atom. The van der Waals surface area contributed by atoms with Gasteiger partial charge in [-0.25, -0.2) is 0 Å². The third kappa shape index (κ3) is 3.95. The number of likely N-dealkylation sites (tertiary alicyclic amines) is 1. The summed E-state index contributed by atoms with van der Waals surface area (Å²) >= 11 is 0. The molecule has 2 N–H and O–H groups in total. The number of nitrogens with one attached hydrogen (secondary N) is 1. The minimum atomic E-state index is -1.18. The maximum Gasteiger partial charge on any atom is 0.255 e. The zero-order valence-corrected chi connectivity index (χ0v) is 13.0. The van der Waals surface area contributed by atoms with Gasteiger partial charge in [0.25, 0.3) is 5.91 Å². The number of rotatable bonds is 5. The quantitative estimate of drug-likeness (QED) is 0.810. The Balaban J connectivity index is 1.91.